The minimum absolute atomic E-state index is 0.170. The zero-order valence-electron chi connectivity index (χ0n) is 16.0. The van der Waals surface area contributed by atoms with Crippen molar-refractivity contribution in [3.8, 4) is 0 Å². The molecule has 0 aliphatic heterocycles. The summed E-state index contributed by atoms with van der Waals surface area (Å²) >= 11 is 0. The molecule has 0 aliphatic carbocycles. The Labute approximate surface area is 165 Å². The molecule has 0 spiro atoms. The quantitative estimate of drug-likeness (QED) is 0.578. The number of anilines is 2. The van der Waals surface area contributed by atoms with E-state index in [9.17, 15) is 8.42 Å². The molecule has 0 unspecified atom stereocenters. The molecule has 0 aliphatic rings. The van der Waals surface area contributed by atoms with Crippen molar-refractivity contribution in [2.45, 2.75) is 11.8 Å². The van der Waals surface area contributed by atoms with Gasteiger partial charge in [-0.15, -0.1) is 0 Å². The summed E-state index contributed by atoms with van der Waals surface area (Å²) in [6, 6.07) is 21.2. The van der Waals surface area contributed by atoms with E-state index in [0.717, 1.165) is 16.9 Å². The van der Waals surface area contributed by atoms with Gasteiger partial charge in [0.2, 0.25) is 0 Å². The molecule has 0 amide bonds. The number of hydrogen-bond donors (Lipinski definition) is 1. The van der Waals surface area contributed by atoms with Crippen molar-refractivity contribution in [3.63, 3.8) is 0 Å². The lowest BCUT2D eigenvalue weighted by atomic mass is 10.2. The van der Waals surface area contributed by atoms with Crippen molar-refractivity contribution >= 4 is 32.8 Å². The number of hydrogen-bond acceptors (Lipinski definition) is 5. The molecule has 0 fully saturated rings. The summed E-state index contributed by atoms with van der Waals surface area (Å²) in [6.07, 6.45) is 0. The van der Waals surface area contributed by atoms with E-state index in [4.69, 9.17) is 0 Å². The molecule has 3 rings (SSSR count). The monoisotopic (exact) mass is 394 g/mol. The molecule has 0 atom stereocenters. The van der Waals surface area contributed by atoms with Crippen LogP contribution in [0.4, 0.5) is 22.7 Å². The maximum Gasteiger partial charge on any atom is 0.261 e. The number of benzene rings is 3. The van der Waals surface area contributed by atoms with E-state index < -0.39 is 10.0 Å². The number of azo groups is 1. The first-order valence-electron chi connectivity index (χ1n) is 8.72. The van der Waals surface area contributed by atoms with Crippen molar-refractivity contribution in [3.05, 3.63) is 78.4 Å². The lowest BCUT2D eigenvalue weighted by molar-refractivity contribution is 0.601. The molecular formula is C21H22N4O2S. The van der Waals surface area contributed by atoms with Crippen molar-refractivity contribution in [1.82, 2.24) is 0 Å². The molecule has 3 aromatic carbocycles. The van der Waals surface area contributed by atoms with Crippen molar-refractivity contribution < 1.29 is 8.42 Å². The van der Waals surface area contributed by atoms with E-state index in [2.05, 4.69) is 15.0 Å². The summed E-state index contributed by atoms with van der Waals surface area (Å²) in [5.41, 5.74) is 3.89. The molecular weight excluding hydrogens is 372 g/mol. The van der Waals surface area contributed by atoms with Crippen LogP contribution in [0.2, 0.25) is 0 Å². The van der Waals surface area contributed by atoms with Crippen LogP contribution in [0, 0.1) is 6.92 Å². The fourth-order valence-electron chi connectivity index (χ4n) is 2.55. The smallest absolute Gasteiger partial charge is 0.261 e. The summed E-state index contributed by atoms with van der Waals surface area (Å²) in [5.74, 6) is 0. The van der Waals surface area contributed by atoms with Crippen LogP contribution in [-0.2, 0) is 10.0 Å². The standard InChI is InChI=1S/C21H22N4O2S/c1-16-5-4-6-19(15-16)24-28(26,27)21-13-9-18(10-14-21)23-22-17-7-11-20(12-8-17)25(2)3/h4-15,24H,1-3H3/b23-22+. The second-order valence-electron chi connectivity index (χ2n) is 6.58. The van der Waals surface area contributed by atoms with Gasteiger partial charge in [0, 0.05) is 25.5 Å². The third-order valence-corrected chi connectivity index (χ3v) is 5.46. The number of nitrogens with zero attached hydrogens (tertiary/aromatic N) is 3. The minimum atomic E-state index is -3.65. The summed E-state index contributed by atoms with van der Waals surface area (Å²) < 4.78 is 27.6. The Bertz CT molecular complexity index is 1070. The molecule has 1 N–H and O–H groups in total. The first-order valence-corrected chi connectivity index (χ1v) is 10.2. The molecule has 6 nitrogen and oxygen atoms in total. The zero-order chi connectivity index (χ0) is 20.1. The minimum Gasteiger partial charge on any atom is -0.378 e. The second kappa shape index (κ2) is 8.22. The topological polar surface area (TPSA) is 74.1 Å². The predicted octanol–water partition coefficient (Wildman–Crippen LogP) is 5.28. The maximum absolute atomic E-state index is 12.5. The highest BCUT2D eigenvalue weighted by molar-refractivity contribution is 7.92. The Morgan fingerprint density at radius 1 is 0.821 bits per heavy atom. The van der Waals surface area contributed by atoms with Crippen LogP contribution in [0.25, 0.3) is 0 Å². The second-order valence-corrected chi connectivity index (χ2v) is 8.26. The largest absolute Gasteiger partial charge is 0.378 e. The number of aryl methyl sites for hydroxylation is 1. The SMILES string of the molecule is Cc1cccc(NS(=O)(=O)c2ccc(/N=N/c3ccc(N(C)C)cc3)cc2)c1. The van der Waals surface area contributed by atoms with Gasteiger partial charge in [-0.1, -0.05) is 12.1 Å². The zero-order valence-corrected chi connectivity index (χ0v) is 16.8. The fraction of sp³-hybridized carbons (Fsp3) is 0.143. The summed E-state index contributed by atoms with van der Waals surface area (Å²) in [7, 11) is 0.291. The molecule has 0 saturated carbocycles. The van der Waals surface area contributed by atoms with Gasteiger partial charge in [0.25, 0.3) is 10.0 Å². The van der Waals surface area contributed by atoms with E-state index in [1.165, 1.54) is 12.1 Å². The highest BCUT2D eigenvalue weighted by Crippen LogP contribution is 2.23. The lowest BCUT2D eigenvalue weighted by Crippen LogP contribution is -2.12. The molecule has 144 valence electrons. The van der Waals surface area contributed by atoms with Gasteiger partial charge in [0.05, 0.1) is 16.3 Å². The van der Waals surface area contributed by atoms with E-state index in [0.29, 0.717) is 11.4 Å². The van der Waals surface area contributed by atoms with Crippen LogP contribution >= 0.6 is 0 Å². The van der Waals surface area contributed by atoms with Crippen molar-refractivity contribution in [2.24, 2.45) is 10.2 Å². The molecule has 0 bridgehead atoms. The number of sulfonamides is 1. The molecule has 0 radical (unpaired) electrons. The van der Waals surface area contributed by atoms with Gasteiger partial charge < -0.3 is 4.90 Å². The molecule has 7 heteroatoms. The summed E-state index contributed by atoms with van der Waals surface area (Å²) in [5, 5.41) is 8.35. The lowest BCUT2D eigenvalue weighted by Gasteiger charge is -2.11. The number of rotatable bonds is 6. The van der Waals surface area contributed by atoms with Gasteiger partial charge >= 0.3 is 0 Å². The maximum atomic E-state index is 12.5. The normalized spacial score (nSPS) is 11.5. The van der Waals surface area contributed by atoms with Crippen LogP contribution in [0.1, 0.15) is 5.56 Å². The molecule has 28 heavy (non-hydrogen) atoms. The Balaban J connectivity index is 1.72. The molecule has 0 saturated heterocycles. The third kappa shape index (κ3) is 4.95. The van der Waals surface area contributed by atoms with Crippen LogP contribution in [0.3, 0.4) is 0 Å². The van der Waals surface area contributed by atoms with Crippen molar-refractivity contribution in [2.75, 3.05) is 23.7 Å². The Morgan fingerprint density at radius 3 is 1.93 bits per heavy atom. The van der Waals surface area contributed by atoms with Crippen LogP contribution < -0.4 is 9.62 Å². The van der Waals surface area contributed by atoms with Gasteiger partial charge in [-0.3, -0.25) is 4.72 Å². The van der Waals surface area contributed by atoms with E-state index in [1.54, 1.807) is 24.3 Å². The fourth-order valence-corrected chi connectivity index (χ4v) is 3.60. The molecule has 3 aromatic rings. The Hall–Kier alpha value is -3.19. The first-order chi connectivity index (χ1) is 13.3. The third-order valence-electron chi connectivity index (χ3n) is 4.06. The molecule has 0 heterocycles. The van der Waals surface area contributed by atoms with Gasteiger partial charge in [0.15, 0.2) is 0 Å². The Kier molecular flexibility index (Phi) is 5.75. The Morgan fingerprint density at radius 2 is 1.39 bits per heavy atom. The van der Waals surface area contributed by atoms with Gasteiger partial charge in [0.1, 0.15) is 0 Å². The van der Waals surface area contributed by atoms with E-state index in [-0.39, 0.29) is 4.90 Å². The molecule has 0 aromatic heterocycles. The predicted molar refractivity (Wildman–Crippen MR) is 113 cm³/mol. The van der Waals surface area contributed by atoms with Crippen LogP contribution in [-0.4, -0.2) is 22.5 Å². The van der Waals surface area contributed by atoms with E-state index in [1.807, 2.05) is 62.3 Å². The van der Waals surface area contributed by atoms with E-state index >= 15 is 0 Å². The van der Waals surface area contributed by atoms with Crippen LogP contribution in [0.15, 0.2) is 87.9 Å². The van der Waals surface area contributed by atoms with Crippen molar-refractivity contribution in [1.29, 1.82) is 0 Å². The van der Waals surface area contributed by atoms with Gasteiger partial charge in [-0.25, -0.2) is 8.42 Å². The highest BCUT2D eigenvalue weighted by atomic mass is 32.2. The average molecular weight is 395 g/mol. The summed E-state index contributed by atoms with van der Waals surface area (Å²) in [4.78, 5) is 2.17. The first kappa shape index (κ1) is 19.6. The average Bonchev–Trinajstić information content (AvgIpc) is 2.67. The van der Waals surface area contributed by atoms with Gasteiger partial charge in [-0.05, 0) is 73.2 Å². The van der Waals surface area contributed by atoms with Gasteiger partial charge in [-0.2, -0.15) is 10.2 Å². The highest BCUT2D eigenvalue weighted by Gasteiger charge is 2.14. The number of nitrogens with one attached hydrogen (secondary N) is 1. The van der Waals surface area contributed by atoms with Crippen LogP contribution in [0.5, 0.6) is 0 Å². The summed E-state index contributed by atoms with van der Waals surface area (Å²) in [6.45, 7) is 1.91.